The maximum atomic E-state index is 13.1. The molecule has 0 radical (unpaired) electrons. The van der Waals surface area contributed by atoms with Crippen molar-refractivity contribution in [2.24, 2.45) is 0 Å². The van der Waals surface area contributed by atoms with Gasteiger partial charge in [0.1, 0.15) is 5.57 Å². The number of hydrogen-bond acceptors (Lipinski definition) is 5. The molecule has 2 aromatic rings. The fraction of sp³-hybridized carbons (Fsp3) is 0.227. The summed E-state index contributed by atoms with van der Waals surface area (Å²) in [4.78, 5) is 26.5. The molecule has 3 rings (SSSR count). The smallest absolute Gasteiger partial charge is 0.416 e. The zero-order valence-corrected chi connectivity index (χ0v) is 20.0. The Morgan fingerprint density at radius 2 is 1.88 bits per heavy atom. The second-order valence-corrected chi connectivity index (χ2v) is 8.45. The molecule has 33 heavy (non-hydrogen) atoms. The van der Waals surface area contributed by atoms with E-state index >= 15 is 0 Å². The molecule has 2 aromatic carbocycles. The Bertz CT molecular complexity index is 1160. The molecule has 174 valence electrons. The fourth-order valence-corrected chi connectivity index (χ4v) is 3.89. The number of nitrogens with one attached hydrogen (secondary N) is 1. The minimum Gasteiger partial charge on any atom is -0.493 e. The quantitative estimate of drug-likeness (QED) is 0.323. The number of alkyl halides is 3. The number of rotatable bonds is 5. The van der Waals surface area contributed by atoms with Gasteiger partial charge in [0.25, 0.3) is 11.8 Å². The van der Waals surface area contributed by atoms with Crippen LogP contribution in [0.1, 0.15) is 25.0 Å². The molecule has 1 saturated heterocycles. The van der Waals surface area contributed by atoms with E-state index in [1.165, 1.54) is 19.3 Å². The lowest BCUT2D eigenvalue weighted by atomic mass is 10.1. The molecule has 0 saturated carbocycles. The molecule has 1 fully saturated rings. The van der Waals surface area contributed by atoms with E-state index in [1.54, 1.807) is 12.1 Å². The molecule has 1 N–H and O–H groups in total. The molecule has 1 aliphatic heterocycles. The van der Waals surface area contributed by atoms with Crippen LogP contribution in [0.2, 0.25) is 0 Å². The Balaban J connectivity index is 2.04. The minimum absolute atomic E-state index is 0.120. The van der Waals surface area contributed by atoms with Gasteiger partial charge in [0.2, 0.25) is 0 Å². The highest BCUT2D eigenvalue weighted by Crippen LogP contribution is 2.38. The molecule has 0 unspecified atom stereocenters. The number of halogens is 4. The summed E-state index contributed by atoms with van der Waals surface area (Å²) in [6.07, 6.45) is -3.44. The number of carbonyl (C=O) groups excluding carboxylic acids is 2. The molecule has 0 aliphatic carbocycles. The number of thiocarbonyl (C=S) groups is 1. The van der Waals surface area contributed by atoms with Crippen LogP contribution in [-0.2, 0) is 15.8 Å². The van der Waals surface area contributed by atoms with E-state index in [0.717, 1.165) is 23.1 Å². The van der Waals surface area contributed by atoms with E-state index in [0.29, 0.717) is 21.5 Å². The molecule has 0 spiro atoms. The second-order valence-electron chi connectivity index (χ2n) is 7.21. The lowest BCUT2D eigenvalue weighted by molar-refractivity contribution is -0.137. The summed E-state index contributed by atoms with van der Waals surface area (Å²) in [7, 11) is 1.44. The number of methoxy groups -OCH3 is 1. The third-order valence-electron chi connectivity index (χ3n) is 4.45. The first kappa shape index (κ1) is 24.7. The fourth-order valence-electron chi connectivity index (χ4n) is 3.05. The number of anilines is 1. The summed E-state index contributed by atoms with van der Waals surface area (Å²) in [5.41, 5.74) is -0.963. The van der Waals surface area contributed by atoms with Crippen molar-refractivity contribution in [1.29, 1.82) is 0 Å². The lowest BCUT2D eigenvalue weighted by Crippen LogP contribution is -2.54. The van der Waals surface area contributed by atoms with Crippen LogP contribution < -0.4 is 19.7 Å². The van der Waals surface area contributed by atoms with Crippen molar-refractivity contribution >= 4 is 56.8 Å². The first-order valence-electron chi connectivity index (χ1n) is 9.55. The van der Waals surface area contributed by atoms with Crippen LogP contribution in [0.3, 0.4) is 0 Å². The van der Waals surface area contributed by atoms with Crippen molar-refractivity contribution in [3.8, 4) is 11.5 Å². The summed E-state index contributed by atoms with van der Waals surface area (Å²) in [5.74, 6) is -0.828. The predicted octanol–water partition coefficient (Wildman–Crippen LogP) is 5.10. The summed E-state index contributed by atoms with van der Waals surface area (Å²) in [6.45, 7) is 3.69. The highest BCUT2D eigenvalue weighted by Gasteiger charge is 2.36. The second kappa shape index (κ2) is 9.52. The predicted molar refractivity (Wildman–Crippen MR) is 124 cm³/mol. The summed E-state index contributed by atoms with van der Waals surface area (Å²) >= 11 is 8.45. The van der Waals surface area contributed by atoms with Crippen LogP contribution in [-0.4, -0.2) is 30.1 Å². The molecule has 6 nitrogen and oxygen atoms in total. The first-order chi connectivity index (χ1) is 15.4. The number of benzene rings is 2. The summed E-state index contributed by atoms with van der Waals surface area (Å²) < 4.78 is 51.0. The van der Waals surface area contributed by atoms with Crippen molar-refractivity contribution in [1.82, 2.24) is 5.32 Å². The summed E-state index contributed by atoms with van der Waals surface area (Å²) in [5, 5.41) is 2.03. The average Bonchev–Trinajstić information content (AvgIpc) is 2.72. The highest BCUT2D eigenvalue weighted by atomic mass is 79.9. The topological polar surface area (TPSA) is 67.9 Å². The van der Waals surface area contributed by atoms with Gasteiger partial charge in [-0.25, -0.2) is 0 Å². The zero-order valence-electron chi connectivity index (χ0n) is 17.6. The van der Waals surface area contributed by atoms with Crippen molar-refractivity contribution < 1.29 is 32.2 Å². The molecular formula is C22H18BrF3N2O4S. The Labute approximate surface area is 201 Å². The SMILES string of the molecule is COc1cc(/C=C2\C(=O)NC(=S)N(c3cccc(C(F)(F)F)c3)C2=O)cc(Br)c1OC(C)C. The molecule has 1 heterocycles. The van der Waals surface area contributed by atoms with E-state index in [2.05, 4.69) is 21.2 Å². The third kappa shape index (κ3) is 5.36. The van der Waals surface area contributed by atoms with E-state index in [9.17, 15) is 22.8 Å². The standard InChI is InChI=1S/C22H18BrF3N2O4S/c1-11(2)32-18-16(23)8-12(9-17(18)31-3)7-15-19(29)27-21(33)28(20(15)30)14-6-4-5-13(10-14)22(24,25)26/h4-11H,1-3H3,(H,27,29,33)/b15-7+. The van der Waals surface area contributed by atoms with E-state index < -0.39 is 23.6 Å². The maximum Gasteiger partial charge on any atom is 0.416 e. The van der Waals surface area contributed by atoms with Gasteiger partial charge in [0.15, 0.2) is 16.6 Å². The van der Waals surface area contributed by atoms with E-state index in [1.807, 2.05) is 13.8 Å². The third-order valence-corrected chi connectivity index (χ3v) is 5.32. The normalized spacial score (nSPS) is 15.8. The molecule has 0 atom stereocenters. The Kier molecular flexibility index (Phi) is 7.13. The van der Waals surface area contributed by atoms with Crippen LogP contribution in [0.15, 0.2) is 46.4 Å². The van der Waals surface area contributed by atoms with Gasteiger partial charge < -0.3 is 9.47 Å². The zero-order chi connectivity index (χ0) is 24.5. The summed E-state index contributed by atoms with van der Waals surface area (Å²) in [6, 6.07) is 7.31. The van der Waals surface area contributed by atoms with Gasteiger partial charge >= 0.3 is 6.18 Å². The van der Waals surface area contributed by atoms with Crippen LogP contribution in [0.5, 0.6) is 11.5 Å². The molecule has 2 amide bonds. The monoisotopic (exact) mass is 542 g/mol. The van der Waals surface area contributed by atoms with Crippen molar-refractivity contribution in [3.63, 3.8) is 0 Å². The number of amides is 2. The molecule has 1 aliphatic rings. The van der Waals surface area contributed by atoms with Crippen LogP contribution in [0.25, 0.3) is 6.08 Å². The van der Waals surface area contributed by atoms with Gasteiger partial charge in [-0.1, -0.05) is 6.07 Å². The van der Waals surface area contributed by atoms with Crippen molar-refractivity contribution in [2.45, 2.75) is 26.1 Å². The van der Waals surface area contributed by atoms with Crippen LogP contribution in [0, 0.1) is 0 Å². The largest absolute Gasteiger partial charge is 0.493 e. The Morgan fingerprint density at radius 3 is 2.48 bits per heavy atom. The molecular weight excluding hydrogens is 525 g/mol. The Hall–Kier alpha value is -2.92. The minimum atomic E-state index is -4.61. The first-order valence-corrected chi connectivity index (χ1v) is 10.8. The molecule has 0 bridgehead atoms. The number of ether oxygens (including phenoxy) is 2. The van der Waals surface area contributed by atoms with Crippen molar-refractivity contribution in [3.05, 3.63) is 57.6 Å². The van der Waals surface area contributed by atoms with E-state index in [4.69, 9.17) is 21.7 Å². The van der Waals surface area contributed by atoms with Gasteiger partial charge in [-0.3, -0.25) is 19.8 Å². The average molecular weight is 543 g/mol. The number of carbonyl (C=O) groups is 2. The van der Waals surface area contributed by atoms with Gasteiger partial charge in [0, 0.05) is 0 Å². The van der Waals surface area contributed by atoms with Gasteiger partial charge in [-0.15, -0.1) is 0 Å². The Morgan fingerprint density at radius 1 is 1.18 bits per heavy atom. The van der Waals surface area contributed by atoms with Gasteiger partial charge in [-0.05, 0) is 84.0 Å². The number of hydrogen-bond donors (Lipinski definition) is 1. The van der Waals surface area contributed by atoms with Crippen LogP contribution in [0.4, 0.5) is 18.9 Å². The van der Waals surface area contributed by atoms with Gasteiger partial charge in [0.05, 0.1) is 28.9 Å². The van der Waals surface area contributed by atoms with Gasteiger partial charge in [-0.2, -0.15) is 13.2 Å². The molecule has 11 heteroatoms. The highest BCUT2D eigenvalue weighted by molar-refractivity contribution is 9.10. The lowest BCUT2D eigenvalue weighted by Gasteiger charge is -2.29. The van der Waals surface area contributed by atoms with Crippen LogP contribution >= 0.6 is 28.1 Å². The maximum absolute atomic E-state index is 13.1. The molecule has 0 aromatic heterocycles. The number of nitrogens with zero attached hydrogens (tertiary/aromatic N) is 1. The van der Waals surface area contributed by atoms with Crippen molar-refractivity contribution in [2.75, 3.05) is 12.0 Å². The van der Waals surface area contributed by atoms with E-state index in [-0.39, 0.29) is 22.5 Å².